The van der Waals surface area contributed by atoms with Crippen molar-refractivity contribution in [3.05, 3.63) is 40.8 Å². The van der Waals surface area contributed by atoms with E-state index in [2.05, 4.69) is 31.2 Å². The highest BCUT2D eigenvalue weighted by Crippen LogP contribution is 2.36. The number of hydrogen-bond donors (Lipinski definition) is 1. The van der Waals surface area contributed by atoms with Crippen LogP contribution in [0.5, 0.6) is 0 Å². The van der Waals surface area contributed by atoms with E-state index >= 15 is 0 Å². The molecule has 1 aromatic carbocycles. The second-order valence-corrected chi connectivity index (χ2v) is 6.72. The van der Waals surface area contributed by atoms with Crippen LogP contribution in [0.2, 0.25) is 0 Å². The molecule has 0 aliphatic carbocycles. The van der Waals surface area contributed by atoms with E-state index in [-0.39, 0.29) is 0 Å². The Kier molecular flexibility index (Phi) is 3.78. The van der Waals surface area contributed by atoms with Crippen LogP contribution in [0.4, 0.5) is 0 Å². The molecule has 0 aliphatic rings. The third-order valence-corrected chi connectivity index (χ3v) is 2.75. The van der Waals surface area contributed by atoms with E-state index in [0.29, 0.717) is 0 Å². The monoisotopic (exact) mass is 210 g/mol. The molecule has 0 aromatic heterocycles. The van der Waals surface area contributed by atoms with Crippen molar-refractivity contribution >= 4 is 16.4 Å². The molecule has 0 spiro atoms. The summed E-state index contributed by atoms with van der Waals surface area (Å²) in [6, 6.07) is 8.38. The van der Waals surface area contributed by atoms with Gasteiger partial charge in [-0.3, -0.25) is 0 Å². The van der Waals surface area contributed by atoms with Crippen molar-refractivity contribution in [2.75, 3.05) is 12.5 Å². The van der Waals surface area contributed by atoms with Gasteiger partial charge in [0.05, 0.1) is 0 Å². The molecule has 1 aromatic rings. The minimum Gasteiger partial charge on any atom is -0.348 e. The third kappa shape index (κ3) is 3.99. The zero-order valence-electron chi connectivity index (χ0n) is 9.03. The summed E-state index contributed by atoms with van der Waals surface area (Å²) in [5.41, 5.74) is 2.50. The largest absolute Gasteiger partial charge is 0.348 e. The topological polar surface area (TPSA) is 20.2 Å². The number of benzene rings is 1. The summed E-state index contributed by atoms with van der Waals surface area (Å²) < 4.78 is 9.60. The highest BCUT2D eigenvalue weighted by atomic mass is 32.3. The average Bonchev–Trinajstić information content (AvgIpc) is 2.14. The van der Waals surface area contributed by atoms with Crippen LogP contribution in [0.3, 0.4) is 0 Å². The van der Waals surface area contributed by atoms with E-state index in [0.717, 1.165) is 6.42 Å². The molecule has 1 rings (SSSR count). The van der Waals surface area contributed by atoms with Gasteiger partial charge < -0.3 is 4.55 Å². The lowest BCUT2D eigenvalue weighted by molar-refractivity contribution is 0.647. The smallest absolute Gasteiger partial charge is 0.00948 e. The molecule has 0 atom stereocenters. The van der Waals surface area contributed by atoms with Gasteiger partial charge >= 0.3 is 0 Å². The van der Waals surface area contributed by atoms with E-state index in [1.165, 1.54) is 11.1 Å². The van der Waals surface area contributed by atoms with Gasteiger partial charge in [-0.1, -0.05) is 31.2 Å². The van der Waals surface area contributed by atoms with Crippen molar-refractivity contribution in [3.8, 4) is 0 Å². The quantitative estimate of drug-likeness (QED) is 0.805. The second kappa shape index (κ2) is 4.67. The molecule has 78 valence electrons. The molecule has 0 bridgehead atoms. The Hall–Kier alpha value is -0.730. The minimum atomic E-state index is -1.52. The van der Waals surface area contributed by atoms with Crippen molar-refractivity contribution in [3.63, 3.8) is 0 Å². The molecular weight excluding hydrogens is 192 g/mol. The van der Waals surface area contributed by atoms with Gasteiger partial charge in [-0.05, 0) is 41.5 Å². The summed E-state index contributed by atoms with van der Waals surface area (Å²) in [6.07, 6.45) is 6.76. The highest BCUT2D eigenvalue weighted by Gasteiger charge is 1.98. The second-order valence-electron chi connectivity index (χ2n) is 3.75. The lowest BCUT2D eigenvalue weighted by Crippen LogP contribution is -1.86. The van der Waals surface area contributed by atoms with Gasteiger partial charge in [-0.2, -0.15) is 0 Å². The van der Waals surface area contributed by atoms with Crippen LogP contribution in [0.15, 0.2) is 29.7 Å². The van der Waals surface area contributed by atoms with E-state index in [1.54, 1.807) is 0 Å². The molecule has 2 heteroatoms. The average molecular weight is 210 g/mol. The van der Waals surface area contributed by atoms with Crippen LogP contribution in [-0.2, 0) is 6.42 Å². The molecule has 0 saturated heterocycles. The maximum atomic E-state index is 9.60. The predicted molar refractivity (Wildman–Crippen MR) is 66.9 cm³/mol. The van der Waals surface area contributed by atoms with Gasteiger partial charge in [-0.25, -0.2) is 0 Å². The molecule has 0 unspecified atom stereocenters. The molecule has 0 amide bonds. The molecule has 0 radical (unpaired) electrons. The predicted octanol–water partition coefficient (Wildman–Crippen LogP) is 3.76. The Balaban J connectivity index is 2.82. The van der Waals surface area contributed by atoms with E-state index < -0.39 is 10.3 Å². The number of rotatable bonds is 3. The Morgan fingerprint density at radius 1 is 1.36 bits per heavy atom. The van der Waals surface area contributed by atoms with Gasteiger partial charge in [0.25, 0.3) is 0 Å². The van der Waals surface area contributed by atoms with Crippen LogP contribution < -0.4 is 0 Å². The first-order valence-electron chi connectivity index (χ1n) is 4.74. The highest BCUT2D eigenvalue weighted by molar-refractivity contribution is 8.30. The summed E-state index contributed by atoms with van der Waals surface area (Å²) in [7, 11) is -1.52. The van der Waals surface area contributed by atoms with Crippen molar-refractivity contribution in [2.45, 2.75) is 13.3 Å². The molecule has 0 saturated carbocycles. The summed E-state index contributed by atoms with van der Waals surface area (Å²) in [5.74, 6) is 0. The SMILES string of the molecule is CCc1cccc(/C=C/S(C)(C)O)c1. The van der Waals surface area contributed by atoms with E-state index in [4.69, 9.17) is 0 Å². The standard InChI is InChI=1S/C12H18OS/c1-4-11-6-5-7-12(10-11)8-9-14(2,3)13/h5-10,13H,4H2,1-3H3/b9-8+. The summed E-state index contributed by atoms with van der Waals surface area (Å²) in [5, 5.41) is 1.89. The Bertz CT molecular complexity index is 323. The molecule has 0 fully saturated rings. The lowest BCUT2D eigenvalue weighted by Gasteiger charge is -2.17. The number of hydrogen-bond acceptors (Lipinski definition) is 1. The van der Waals surface area contributed by atoms with E-state index in [1.807, 2.05) is 24.0 Å². The van der Waals surface area contributed by atoms with Gasteiger partial charge in [-0.15, -0.1) is 10.3 Å². The first kappa shape index (κ1) is 11.3. The van der Waals surface area contributed by atoms with Gasteiger partial charge in [0.15, 0.2) is 0 Å². The molecule has 0 heterocycles. The minimum absolute atomic E-state index is 1.05. The lowest BCUT2D eigenvalue weighted by atomic mass is 10.1. The summed E-state index contributed by atoms with van der Waals surface area (Å²) in [6.45, 7) is 2.14. The van der Waals surface area contributed by atoms with Crippen LogP contribution in [-0.4, -0.2) is 17.1 Å². The van der Waals surface area contributed by atoms with Crippen molar-refractivity contribution in [1.29, 1.82) is 0 Å². The molecule has 14 heavy (non-hydrogen) atoms. The fourth-order valence-electron chi connectivity index (χ4n) is 1.16. The maximum Gasteiger partial charge on any atom is -0.00948 e. The summed E-state index contributed by atoms with van der Waals surface area (Å²) >= 11 is 0. The fourth-order valence-corrected chi connectivity index (χ4v) is 1.65. The van der Waals surface area contributed by atoms with Gasteiger partial charge in [0, 0.05) is 0 Å². The molecular formula is C12H18OS. The zero-order valence-corrected chi connectivity index (χ0v) is 9.84. The van der Waals surface area contributed by atoms with E-state index in [9.17, 15) is 4.55 Å². The Morgan fingerprint density at radius 2 is 2.07 bits per heavy atom. The Morgan fingerprint density at radius 3 is 2.64 bits per heavy atom. The first-order valence-corrected chi connectivity index (χ1v) is 7.21. The van der Waals surface area contributed by atoms with Crippen LogP contribution in [0.25, 0.3) is 6.08 Å². The molecule has 1 nitrogen and oxygen atoms in total. The van der Waals surface area contributed by atoms with Gasteiger partial charge in [0.2, 0.25) is 0 Å². The zero-order chi connectivity index (χ0) is 10.6. The first-order chi connectivity index (χ1) is 6.51. The van der Waals surface area contributed by atoms with Crippen LogP contribution in [0, 0.1) is 0 Å². The van der Waals surface area contributed by atoms with Crippen molar-refractivity contribution in [1.82, 2.24) is 0 Å². The number of aryl methyl sites for hydroxylation is 1. The van der Waals surface area contributed by atoms with Crippen molar-refractivity contribution < 1.29 is 4.55 Å². The molecule has 0 aliphatic heterocycles. The maximum absolute atomic E-state index is 9.60. The fraction of sp³-hybridized carbons (Fsp3) is 0.333. The van der Waals surface area contributed by atoms with Crippen molar-refractivity contribution in [2.24, 2.45) is 0 Å². The van der Waals surface area contributed by atoms with Crippen LogP contribution >= 0.6 is 10.3 Å². The third-order valence-electron chi connectivity index (χ3n) is 1.95. The van der Waals surface area contributed by atoms with Crippen LogP contribution in [0.1, 0.15) is 18.1 Å². The normalized spacial score (nSPS) is 13.4. The Labute approximate surface area is 88.0 Å². The summed E-state index contributed by atoms with van der Waals surface area (Å²) in [4.78, 5) is 0. The molecule has 1 N–H and O–H groups in total. The van der Waals surface area contributed by atoms with Gasteiger partial charge in [0.1, 0.15) is 0 Å².